The van der Waals surface area contributed by atoms with Crippen molar-refractivity contribution < 1.29 is 85.5 Å². The molecule has 0 radical (unpaired) electrons. The van der Waals surface area contributed by atoms with E-state index in [-0.39, 0.29) is 59.4 Å². The number of phosphoric ester groups is 1. The van der Waals surface area contributed by atoms with Crippen molar-refractivity contribution in [3.05, 3.63) is 0 Å². The zero-order valence-corrected chi connectivity index (χ0v) is 11.5. The van der Waals surface area contributed by atoms with Crippen molar-refractivity contribution >= 4 is 15.6 Å². The summed E-state index contributed by atoms with van der Waals surface area (Å²) in [5.41, 5.74) is 0. The van der Waals surface area contributed by atoms with Crippen molar-refractivity contribution in [2.24, 2.45) is 0 Å². The van der Waals surface area contributed by atoms with E-state index in [0.717, 1.165) is 0 Å². The number of hydrogen-bond donors (Lipinski definition) is 3. The summed E-state index contributed by atoms with van der Waals surface area (Å²) in [5, 5.41) is 0. The molecule has 0 bridgehead atoms. The molecule has 0 saturated heterocycles. The molecule has 0 saturated carbocycles. The number of hydrogen-bond acceptors (Lipinski definition) is 4. The quantitative estimate of drug-likeness (QED) is 0.366. The molecule has 1 unspecified atom stereocenters. The standard InChI is InChI=1S/C2H8O7P2.K.H/c1-2-8-11(6,7)9-10(3,4)5;;/h2H2,1H3,(H,6,7)(H2,3,4,5);;/q;+1;-1. The van der Waals surface area contributed by atoms with Crippen LogP contribution in [0.4, 0.5) is 0 Å². The maximum absolute atomic E-state index is 10.4. The molecule has 0 aromatic heterocycles. The van der Waals surface area contributed by atoms with Crippen LogP contribution in [0.2, 0.25) is 0 Å². The van der Waals surface area contributed by atoms with Gasteiger partial charge in [0.15, 0.2) is 0 Å². The van der Waals surface area contributed by atoms with Gasteiger partial charge in [0.1, 0.15) is 0 Å². The van der Waals surface area contributed by atoms with E-state index in [1.165, 1.54) is 6.92 Å². The van der Waals surface area contributed by atoms with E-state index >= 15 is 0 Å². The Morgan fingerprint density at radius 1 is 1.33 bits per heavy atom. The molecule has 0 aromatic rings. The normalized spacial score (nSPS) is 16.3. The summed E-state index contributed by atoms with van der Waals surface area (Å²) in [4.78, 5) is 24.6. The van der Waals surface area contributed by atoms with Crippen LogP contribution >= 0.6 is 15.6 Å². The average molecular weight is 246 g/mol. The average Bonchev–Trinajstić information content (AvgIpc) is 1.55. The van der Waals surface area contributed by atoms with Gasteiger partial charge in [-0.2, -0.15) is 4.31 Å². The van der Waals surface area contributed by atoms with Crippen LogP contribution < -0.4 is 51.4 Å². The number of rotatable bonds is 4. The second kappa shape index (κ2) is 6.39. The summed E-state index contributed by atoms with van der Waals surface area (Å²) in [6, 6.07) is 0. The Hall–Kier alpha value is 1.90. The topological polar surface area (TPSA) is 113 Å². The first-order chi connectivity index (χ1) is 4.77. The van der Waals surface area contributed by atoms with Crippen molar-refractivity contribution in [1.82, 2.24) is 0 Å². The molecule has 1 atom stereocenters. The predicted octanol–water partition coefficient (Wildman–Crippen LogP) is -2.65. The van der Waals surface area contributed by atoms with E-state index < -0.39 is 15.6 Å². The fourth-order valence-electron chi connectivity index (χ4n) is 0.321. The SMILES string of the molecule is CCOP(=O)(O)OP(=O)(O)O.[H-].[K+]. The molecule has 12 heavy (non-hydrogen) atoms. The Morgan fingerprint density at radius 2 is 1.75 bits per heavy atom. The summed E-state index contributed by atoms with van der Waals surface area (Å²) in [6.07, 6.45) is 0. The zero-order valence-electron chi connectivity index (χ0n) is 7.58. The van der Waals surface area contributed by atoms with Gasteiger partial charge in [0.25, 0.3) is 0 Å². The minimum absolute atomic E-state index is 0. The maximum Gasteiger partial charge on any atom is 1.00 e. The van der Waals surface area contributed by atoms with E-state index in [9.17, 15) is 9.13 Å². The molecule has 0 aliphatic heterocycles. The first-order valence-corrected chi connectivity index (χ1v) is 5.53. The molecule has 0 aromatic carbocycles. The van der Waals surface area contributed by atoms with Crippen LogP contribution in [0.1, 0.15) is 8.35 Å². The van der Waals surface area contributed by atoms with Crippen molar-refractivity contribution in [1.29, 1.82) is 0 Å². The largest absolute Gasteiger partial charge is 1.00 e. The molecule has 0 amide bonds. The van der Waals surface area contributed by atoms with Crippen LogP contribution in [0.3, 0.4) is 0 Å². The van der Waals surface area contributed by atoms with E-state index in [0.29, 0.717) is 0 Å². The van der Waals surface area contributed by atoms with Crippen LogP contribution in [-0.4, -0.2) is 21.3 Å². The number of phosphoric acid groups is 2. The van der Waals surface area contributed by atoms with Gasteiger partial charge in [0.05, 0.1) is 6.61 Å². The van der Waals surface area contributed by atoms with Crippen LogP contribution in [0.25, 0.3) is 0 Å². The molecule has 10 heteroatoms. The third-order valence-electron chi connectivity index (χ3n) is 0.502. The molecule has 7 nitrogen and oxygen atoms in total. The van der Waals surface area contributed by atoms with Crippen molar-refractivity contribution in [2.45, 2.75) is 6.92 Å². The minimum Gasteiger partial charge on any atom is -1.00 e. The molecule has 0 aliphatic carbocycles. The second-order valence-corrected chi connectivity index (χ2v) is 4.29. The molecular formula is C2H9KO7P2. The van der Waals surface area contributed by atoms with Gasteiger partial charge in [-0.05, 0) is 6.92 Å². The molecule has 0 heterocycles. The molecule has 0 aliphatic rings. The van der Waals surface area contributed by atoms with Gasteiger partial charge in [-0.3, -0.25) is 4.52 Å². The van der Waals surface area contributed by atoms with Gasteiger partial charge >= 0.3 is 67.0 Å². The van der Waals surface area contributed by atoms with Crippen molar-refractivity contribution in [2.75, 3.05) is 6.61 Å². The van der Waals surface area contributed by atoms with Crippen molar-refractivity contribution in [3.8, 4) is 0 Å². The Labute approximate surface area is 113 Å². The van der Waals surface area contributed by atoms with Crippen LogP contribution in [0, 0.1) is 0 Å². The fraction of sp³-hybridized carbons (Fsp3) is 1.00. The van der Waals surface area contributed by atoms with Gasteiger partial charge in [-0.25, -0.2) is 9.13 Å². The monoisotopic (exact) mass is 246 g/mol. The van der Waals surface area contributed by atoms with E-state index in [1.807, 2.05) is 0 Å². The van der Waals surface area contributed by atoms with Crippen LogP contribution in [-0.2, 0) is 18.0 Å². The summed E-state index contributed by atoms with van der Waals surface area (Å²) in [7, 11) is -9.53. The van der Waals surface area contributed by atoms with Crippen molar-refractivity contribution in [3.63, 3.8) is 0 Å². The van der Waals surface area contributed by atoms with Gasteiger partial charge < -0.3 is 16.1 Å². The Kier molecular flexibility index (Phi) is 8.70. The first-order valence-electron chi connectivity index (χ1n) is 2.51. The van der Waals surface area contributed by atoms with Gasteiger partial charge in [0, 0.05) is 0 Å². The Morgan fingerprint density at radius 3 is 2.00 bits per heavy atom. The molecule has 70 valence electrons. The first kappa shape index (κ1) is 16.3. The smallest absolute Gasteiger partial charge is 1.00 e. The zero-order chi connectivity index (χ0) is 9.12. The molecule has 3 N–H and O–H groups in total. The summed E-state index contributed by atoms with van der Waals surface area (Å²) >= 11 is 0. The third kappa shape index (κ3) is 9.98. The molecule has 0 fully saturated rings. The third-order valence-corrected chi connectivity index (χ3v) is 2.76. The predicted molar refractivity (Wildman–Crippen MR) is 35.7 cm³/mol. The van der Waals surface area contributed by atoms with Gasteiger partial charge in [0.2, 0.25) is 0 Å². The summed E-state index contributed by atoms with van der Waals surface area (Å²) in [5.74, 6) is 0. The fourth-order valence-corrected chi connectivity index (χ4v) is 1.91. The molecule has 0 spiro atoms. The van der Waals surface area contributed by atoms with E-state index in [1.54, 1.807) is 0 Å². The van der Waals surface area contributed by atoms with Gasteiger partial charge in [-0.1, -0.05) is 0 Å². The summed E-state index contributed by atoms with van der Waals surface area (Å²) < 4.78 is 27.9. The van der Waals surface area contributed by atoms with Crippen LogP contribution in [0.5, 0.6) is 0 Å². The second-order valence-electron chi connectivity index (χ2n) is 1.46. The summed E-state index contributed by atoms with van der Waals surface area (Å²) in [6.45, 7) is 1.21. The Balaban J connectivity index is -0.000000500. The maximum atomic E-state index is 10.4. The molecular weight excluding hydrogens is 237 g/mol. The van der Waals surface area contributed by atoms with Gasteiger partial charge in [-0.15, -0.1) is 0 Å². The van der Waals surface area contributed by atoms with Crippen LogP contribution in [0.15, 0.2) is 0 Å². The Bertz CT molecular complexity index is 215. The van der Waals surface area contributed by atoms with E-state index in [2.05, 4.69) is 8.83 Å². The molecule has 0 rings (SSSR count). The minimum atomic E-state index is -4.96. The van der Waals surface area contributed by atoms with E-state index in [4.69, 9.17) is 14.7 Å².